The van der Waals surface area contributed by atoms with Crippen LogP contribution >= 0.6 is 0 Å². The predicted octanol–water partition coefficient (Wildman–Crippen LogP) is -0.613. The number of nitrogens with one attached hydrogen (secondary N) is 1. The number of hydrogen-bond donors (Lipinski definition) is 3. The largest absolute Gasteiger partial charge is 0.480 e. The molecule has 1 aliphatic heterocycles. The first-order valence-electron chi connectivity index (χ1n) is 3.28. The Balaban J connectivity index is 2.49. The van der Waals surface area contributed by atoms with Crippen molar-refractivity contribution >= 4 is 5.97 Å². The molecule has 58 valence electrons. The highest BCUT2D eigenvalue weighted by Crippen LogP contribution is 2.17. The maximum Gasteiger partial charge on any atom is 0.320 e. The first kappa shape index (κ1) is 7.50. The molecular weight excluding hydrogens is 134 g/mol. The number of aliphatic carboxylic acids is 1. The van der Waals surface area contributed by atoms with Crippen LogP contribution in [-0.2, 0) is 4.79 Å². The summed E-state index contributed by atoms with van der Waals surface area (Å²) in [5, 5.41) is 20.1. The molecule has 0 radical (unpaired) electrons. The molecule has 4 heteroatoms. The summed E-state index contributed by atoms with van der Waals surface area (Å²) in [5.74, 6) is -0.843. The smallest absolute Gasteiger partial charge is 0.320 e. The van der Waals surface area contributed by atoms with Gasteiger partial charge in [0.15, 0.2) is 0 Å². The van der Waals surface area contributed by atoms with Crippen LogP contribution < -0.4 is 5.32 Å². The molecule has 1 heterocycles. The first-order chi connectivity index (χ1) is 4.61. The van der Waals surface area contributed by atoms with Crippen molar-refractivity contribution in [2.75, 3.05) is 0 Å². The number of hydrogen-bond acceptors (Lipinski definition) is 3. The lowest BCUT2D eigenvalue weighted by Gasteiger charge is -2.05. The van der Waals surface area contributed by atoms with Crippen LogP contribution in [0.1, 0.15) is 13.3 Å². The molecule has 0 aliphatic carbocycles. The fourth-order valence-electron chi connectivity index (χ4n) is 1.11. The number of carboxylic acids is 1. The average Bonchev–Trinajstić information content (AvgIpc) is 2.13. The van der Waals surface area contributed by atoms with Gasteiger partial charge in [-0.05, 0) is 12.3 Å². The van der Waals surface area contributed by atoms with Crippen molar-refractivity contribution in [2.45, 2.75) is 25.6 Å². The lowest BCUT2D eigenvalue weighted by molar-refractivity contribution is -0.139. The van der Waals surface area contributed by atoms with E-state index in [2.05, 4.69) is 5.32 Å². The second-order valence-electron chi connectivity index (χ2n) is 2.72. The standard InChI is InChI=1S/C6H11NO3/c1-3-2-4(6(9)10)7-5(3)8/h3-5,7-8H,2H2,1H3,(H,9,10)/t3?,4-,5?/m0/s1. The summed E-state index contributed by atoms with van der Waals surface area (Å²) in [5.41, 5.74) is 0. The van der Waals surface area contributed by atoms with Gasteiger partial charge in [-0.1, -0.05) is 6.92 Å². The highest BCUT2D eigenvalue weighted by Gasteiger charge is 2.32. The number of carboxylic acid groups (broad SMARTS) is 1. The minimum absolute atomic E-state index is 0.0427. The van der Waals surface area contributed by atoms with Gasteiger partial charge in [-0.3, -0.25) is 10.1 Å². The summed E-state index contributed by atoms with van der Waals surface area (Å²) >= 11 is 0. The van der Waals surface area contributed by atoms with Gasteiger partial charge in [0.2, 0.25) is 0 Å². The third-order valence-corrected chi connectivity index (χ3v) is 1.82. The van der Waals surface area contributed by atoms with Gasteiger partial charge in [-0.15, -0.1) is 0 Å². The molecule has 0 amide bonds. The Labute approximate surface area is 58.9 Å². The van der Waals surface area contributed by atoms with Crippen molar-refractivity contribution in [2.24, 2.45) is 5.92 Å². The van der Waals surface area contributed by atoms with E-state index < -0.39 is 18.2 Å². The van der Waals surface area contributed by atoms with E-state index in [9.17, 15) is 4.79 Å². The molecule has 1 saturated heterocycles. The lowest BCUT2D eigenvalue weighted by atomic mass is 10.1. The minimum atomic E-state index is -0.886. The molecule has 0 aromatic carbocycles. The van der Waals surface area contributed by atoms with E-state index >= 15 is 0 Å². The van der Waals surface area contributed by atoms with Crippen LogP contribution in [0.3, 0.4) is 0 Å². The zero-order valence-electron chi connectivity index (χ0n) is 5.74. The zero-order chi connectivity index (χ0) is 7.72. The second-order valence-corrected chi connectivity index (χ2v) is 2.72. The molecule has 0 bridgehead atoms. The molecule has 4 nitrogen and oxygen atoms in total. The second kappa shape index (κ2) is 2.56. The number of aliphatic hydroxyl groups excluding tert-OH is 1. The Morgan fingerprint density at radius 2 is 2.30 bits per heavy atom. The molecule has 1 aliphatic rings. The van der Waals surface area contributed by atoms with Crippen molar-refractivity contribution in [3.63, 3.8) is 0 Å². The molecule has 0 spiro atoms. The Bertz CT molecular complexity index is 138. The summed E-state index contributed by atoms with van der Waals surface area (Å²) in [6.45, 7) is 1.82. The Kier molecular flexibility index (Phi) is 1.92. The Hall–Kier alpha value is -0.610. The number of rotatable bonds is 1. The Morgan fingerprint density at radius 1 is 1.70 bits per heavy atom. The molecule has 3 N–H and O–H groups in total. The van der Waals surface area contributed by atoms with Crippen molar-refractivity contribution in [1.82, 2.24) is 5.32 Å². The van der Waals surface area contributed by atoms with Gasteiger partial charge in [0.05, 0.1) is 0 Å². The highest BCUT2D eigenvalue weighted by atomic mass is 16.4. The fraction of sp³-hybridized carbons (Fsp3) is 0.833. The molecule has 1 rings (SSSR count). The summed E-state index contributed by atoms with van der Waals surface area (Å²) in [7, 11) is 0. The van der Waals surface area contributed by atoms with Gasteiger partial charge in [0.25, 0.3) is 0 Å². The van der Waals surface area contributed by atoms with Gasteiger partial charge < -0.3 is 10.2 Å². The van der Waals surface area contributed by atoms with Crippen LogP contribution in [0.2, 0.25) is 0 Å². The number of carbonyl (C=O) groups is 1. The SMILES string of the molecule is CC1C[C@@H](C(=O)O)NC1O. The molecule has 0 saturated carbocycles. The molecule has 1 fully saturated rings. The van der Waals surface area contributed by atoms with Crippen LogP contribution in [0, 0.1) is 5.92 Å². The van der Waals surface area contributed by atoms with Crippen LogP contribution in [0.15, 0.2) is 0 Å². The Morgan fingerprint density at radius 3 is 2.50 bits per heavy atom. The summed E-state index contributed by atoms with van der Waals surface area (Å²) in [4.78, 5) is 10.3. The molecule has 3 atom stereocenters. The number of aliphatic hydroxyl groups is 1. The maximum atomic E-state index is 10.3. The topological polar surface area (TPSA) is 69.6 Å². The van der Waals surface area contributed by atoms with Crippen molar-refractivity contribution in [1.29, 1.82) is 0 Å². The van der Waals surface area contributed by atoms with Gasteiger partial charge in [-0.2, -0.15) is 0 Å². The van der Waals surface area contributed by atoms with E-state index in [1.807, 2.05) is 6.92 Å². The van der Waals surface area contributed by atoms with Crippen molar-refractivity contribution in [3.8, 4) is 0 Å². The van der Waals surface area contributed by atoms with Crippen LogP contribution in [0.25, 0.3) is 0 Å². The lowest BCUT2D eigenvalue weighted by Crippen LogP contribution is -2.35. The summed E-state index contributed by atoms with van der Waals surface area (Å²) in [6.07, 6.45) is -0.141. The highest BCUT2D eigenvalue weighted by molar-refractivity contribution is 5.73. The fourth-order valence-corrected chi connectivity index (χ4v) is 1.11. The summed E-state index contributed by atoms with van der Waals surface area (Å²) < 4.78 is 0. The van der Waals surface area contributed by atoms with Crippen LogP contribution in [-0.4, -0.2) is 28.5 Å². The van der Waals surface area contributed by atoms with Crippen LogP contribution in [0.5, 0.6) is 0 Å². The quantitative estimate of drug-likeness (QED) is 0.460. The monoisotopic (exact) mass is 145 g/mol. The van der Waals surface area contributed by atoms with E-state index in [0.29, 0.717) is 6.42 Å². The maximum absolute atomic E-state index is 10.3. The van der Waals surface area contributed by atoms with E-state index in [1.54, 1.807) is 0 Å². The zero-order valence-corrected chi connectivity index (χ0v) is 5.74. The van der Waals surface area contributed by atoms with Gasteiger partial charge >= 0.3 is 5.97 Å². The molecule has 0 aromatic rings. The normalized spacial score (nSPS) is 40.0. The van der Waals surface area contributed by atoms with E-state index in [4.69, 9.17) is 10.2 Å². The van der Waals surface area contributed by atoms with E-state index in [0.717, 1.165) is 0 Å². The third-order valence-electron chi connectivity index (χ3n) is 1.82. The van der Waals surface area contributed by atoms with E-state index in [1.165, 1.54) is 0 Å². The predicted molar refractivity (Wildman–Crippen MR) is 34.3 cm³/mol. The first-order valence-corrected chi connectivity index (χ1v) is 3.28. The molecular formula is C6H11NO3. The van der Waals surface area contributed by atoms with E-state index in [-0.39, 0.29) is 5.92 Å². The molecule has 2 unspecified atom stereocenters. The average molecular weight is 145 g/mol. The summed E-state index contributed by atoms with van der Waals surface area (Å²) in [6, 6.07) is -0.565. The van der Waals surface area contributed by atoms with Crippen molar-refractivity contribution in [3.05, 3.63) is 0 Å². The third kappa shape index (κ3) is 1.27. The van der Waals surface area contributed by atoms with Crippen molar-refractivity contribution < 1.29 is 15.0 Å². The molecule has 0 aromatic heterocycles. The van der Waals surface area contributed by atoms with Gasteiger partial charge in [0, 0.05) is 0 Å². The van der Waals surface area contributed by atoms with Crippen LogP contribution in [0.4, 0.5) is 0 Å². The minimum Gasteiger partial charge on any atom is -0.480 e. The van der Waals surface area contributed by atoms with Gasteiger partial charge in [-0.25, -0.2) is 0 Å². The molecule has 10 heavy (non-hydrogen) atoms. The van der Waals surface area contributed by atoms with Gasteiger partial charge in [0.1, 0.15) is 12.3 Å².